The molecule has 114 valence electrons. The molecule has 0 spiro atoms. The van der Waals surface area contributed by atoms with Crippen LogP contribution in [0.4, 0.5) is 5.69 Å². The minimum atomic E-state index is 0.105. The van der Waals surface area contributed by atoms with Crippen LogP contribution < -0.4 is 15.4 Å². The third-order valence-electron chi connectivity index (χ3n) is 4.38. The molecule has 1 aliphatic carbocycles. The van der Waals surface area contributed by atoms with Gasteiger partial charge in [-0.05, 0) is 75.4 Å². The largest absolute Gasteiger partial charge is 0.490 e. The van der Waals surface area contributed by atoms with E-state index >= 15 is 0 Å². The van der Waals surface area contributed by atoms with Crippen molar-refractivity contribution in [2.75, 3.05) is 18.4 Å². The average Bonchev–Trinajstić information content (AvgIpc) is 3.14. The molecule has 1 atom stereocenters. The highest BCUT2D eigenvalue weighted by atomic mass is 16.5. The zero-order valence-corrected chi connectivity index (χ0v) is 12.4. The van der Waals surface area contributed by atoms with Crippen molar-refractivity contribution in [3.05, 3.63) is 24.3 Å². The summed E-state index contributed by atoms with van der Waals surface area (Å²) in [6.07, 6.45) is 6.95. The number of amides is 1. The molecule has 1 heterocycles. The van der Waals surface area contributed by atoms with Gasteiger partial charge in [0.1, 0.15) is 5.75 Å². The van der Waals surface area contributed by atoms with Gasteiger partial charge in [-0.1, -0.05) is 0 Å². The van der Waals surface area contributed by atoms with E-state index in [2.05, 4.69) is 10.6 Å². The summed E-state index contributed by atoms with van der Waals surface area (Å²) in [4.78, 5) is 12.0. The minimum absolute atomic E-state index is 0.105. The summed E-state index contributed by atoms with van der Waals surface area (Å²) in [6.45, 7) is 1.99. The number of ether oxygens (including phenoxy) is 1. The number of benzene rings is 1. The third kappa shape index (κ3) is 4.21. The van der Waals surface area contributed by atoms with E-state index in [1.807, 2.05) is 24.3 Å². The number of carbonyl (C=O) groups is 1. The second-order valence-electron chi connectivity index (χ2n) is 6.16. The van der Waals surface area contributed by atoms with Crippen LogP contribution >= 0.6 is 0 Å². The highest BCUT2D eigenvalue weighted by Crippen LogP contribution is 2.25. The van der Waals surface area contributed by atoms with E-state index < -0.39 is 0 Å². The molecule has 2 N–H and O–H groups in total. The molecule has 2 aliphatic rings. The molecule has 0 bridgehead atoms. The number of carbonyl (C=O) groups excluding carboxylic acids is 1. The summed E-state index contributed by atoms with van der Waals surface area (Å²) in [5, 5.41) is 6.25. The van der Waals surface area contributed by atoms with Gasteiger partial charge in [-0.25, -0.2) is 0 Å². The molecule has 1 aromatic rings. The maximum Gasteiger partial charge on any atom is 0.224 e. The van der Waals surface area contributed by atoms with E-state index in [1.165, 1.54) is 12.8 Å². The normalized spacial score (nSPS) is 22.4. The zero-order valence-electron chi connectivity index (χ0n) is 12.4. The number of nitrogens with one attached hydrogen (secondary N) is 2. The quantitative estimate of drug-likeness (QED) is 0.876. The lowest BCUT2D eigenvalue weighted by Crippen LogP contribution is -2.18. The minimum Gasteiger partial charge on any atom is -0.490 e. The van der Waals surface area contributed by atoms with E-state index in [0.717, 1.165) is 43.8 Å². The van der Waals surface area contributed by atoms with Crippen LogP contribution in [0.2, 0.25) is 0 Å². The lowest BCUT2D eigenvalue weighted by molar-refractivity contribution is -0.116. The van der Waals surface area contributed by atoms with Crippen molar-refractivity contribution in [3.63, 3.8) is 0 Å². The number of hydrogen-bond donors (Lipinski definition) is 2. The zero-order chi connectivity index (χ0) is 14.5. The Morgan fingerprint density at radius 2 is 1.95 bits per heavy atom. The topological polar surface area (TPSA) is 50.4 Å². The van der Waals surface area contributed by atoms with Crippen molar-refractivity contribution < 1.29 is 9.53 Å². The summed E-state index contributed by atoms with van der Waals surface area (Å²) in [7, 11) is 0. The Bertz CT molecular complexity index is 460. The van der Waals surface area contributed by atoms with Crippen LogP contribution in [0.5, 0.6) is 5.75 Å². The Balaban J connectivity index is 1.47. The number of anilines is 1. The average molecular weight is 288 g/mol. The van der Waals surface area contributed by atoms with Crippen molar-refractivity contribution in [1.82, 2.24) is 5.32 Å². The van der Waals surface area contributed by atoms with Gasteiger partial charge in [-0.2, -0.15) is 0 Å². The van der Waals surface area contributed by atoms with Gasteiger partial charge in [0, 0.05) is 12.1 Å². The molecule has 1 aromatic carbocycles. The van der Waals surface area contributed by atoms with E-state index in [0.29, 0.717) is 18.4 Å². The molecule has 2 fully saturated rings. The van der Waals surface area contributed by atoms with Gasteiger partial charge in [-0.15, -0.1) is 0 Å². The SMILES string of the molecule is O=C(CC1CCNC1)Nc1ccc(OC2CCCC2)cc1. The van der Waals surface area contributed by atoms with E-state index in [1.54, 1.807) is 0 Å². The lowest BCUT2D eigenvalue weighted by Gasteiger charge is -2.14. The van der Waals surface area contributed by atoms with Gasteiger partial charge >= 0.3 is 0 Å². The highest BCUT2D eigenvalue weighted by Gasteiger charge is 2.18. The molecular formula is C17H24N2O2. The van der Waals surface area contributed by atoms with Crippen LogP contribution in [0.25, 0.3) is 0 Å². The fraction of sp³-hybridized carbons (Fsp3) is 0.588. The molecular weight excluding hydrogens is 264 g/mol. The predicted octanol–water partition coefficient (Wildman–Crippen LogP) is 2.95. The van der Waals surface area contributed by atoms with Gasteiger partial charge in [-0.3, -0.25) is 4.79 Å². The summed E-state index contributed by atoms with van der Waals surface area (Å²) in [6, 6.07) is 7.75. The van der Waals surface area contributed by atoms with Crippen molar-refractivity contribution in [2.24, 2.45) is 5.92 Å². The van der Waals surface area contributed by atoms with Crippen LogP contribution in [0.3, 0.4) is 0 Å². The van der Waals surface area contributed by atoms with Gasteiger partial charge in [0.2, 0.25) is 5.91 Å². The molecule has 1 aliphatic heterocycles. The molecule has 1 saturated carbocycles. The molecule has 21 heavy (non-hydrogen) atoms. The first kappa shape index (κ1) is 14.4. The van der Waals surface area contributed by atoms with Crippen molar-refractivity contribution in [1.29, 1.82) is 0 Å². The molecule has 0 aromatic heterocycles. The Hall–Kier alpha value is -1.55. The molecule has 1 amide bonds. The fourth-order valence-corrected chi connectivity index (χ4v) is 3.18. The Labute approximate surface area is 126 Å². The van der Waals surface area contributed by atoms with Crippen molar-refractivity contribution in [2.45, 2.75) is 44.6 Å². The maximum atomic E-state index is 12.0. The molecule has 4 nitrogen and oxygen atoms in total. The third-order valence-corrected chi connectivity index (χ3v) is 4.38. The van der Waals surface area contributed by atoms with Crippen molar-refractivity contribution in [3.8, 4) is 5.75 Å². The second kappa shape index (κ2) is 6.94. The lowest BCUT2D eigenvalue weighted by atomic mass is 10.0. The summed E-state index contributed by atoms with van der Waals surface area (Å²) >= 11 is 0. The number of rotatable bonds is 5. The maximum absolute atomic E-state index is 12.0. The summed E-state index contributed by atoms with van der Waals surface area (Å²) in [5.74, 6) is 1.49. The monoisotopic (exact) mass is 288 g/mol. The van der Waals surface area contributed by atoms with E-state index in [-0.39, 0.29) is 5.91 Å². The van der Waals surface area contributed by atoms with Gasteiger partial charge in [0.15, 0.2) is 0 Å². The molecule has 1 saturated heterocycles. The summed E-state index contributed by atoms with van der Waals surface area (Å²) in [5.41, 5.74) is 0.852. The van der Waals surface area contributed by atoms with E-state index in [9.17, 15) is 4.79 Å². The van der Waals surface area contributed by atoms with Crippen LogP contribution in [-0.2, 0) is 4.79 Å². The Morgan fingerprint density at radius 1 is 1.19 bits per heavy atom. The first-order valence-electron chi connectivity index (χ1n) is 8.07. The Morgan fingerprint density at radius 3 is 2.62 bits per heavy atom. The van der Waals surface area contributed by atoms with Crippen LogP contribution in [0.1, 0.15) is 38.5 Å². The molecule has 3 rings (SSSR count). The van der Waals surface area contributed by atoms with Gasteiger partial charge < -0.3 is 15.4 Å². The van der Waals surface area contributed by atoms with Crippen molar-refractivity contribution >= 4 is 11.6 Å². The predicted molar refractivity (Wildman–Crippen MR) is 83.5 cm³/mol. The molecule has 0 radical (unpaired) electrons. The Kier molecular flexibility index (Phi) is 4.76. The first-order valence-corrected chi connectivity index (χ1v) is 8.07. The smallest absolute Gasteiger partial charge is 0.224 e. The standard InChI is InChI=1S/C17H24N2O2/c20-17(11-13-9-10-18-12-13)19-14-5-7-16(8-6-14)21-15-3-1-2-4-15/h5-8,13,15,18H,1-4,9-12H2,(H,19,20). The summed E-state index contributed by atoms with van der Waals surface area (Å²) < 4.78 is 5.92. The molecule has 4 heteroatoms. The first-order chi connectivity index (χ1) is 10.3. The van der Waals surface area contributed by atoms with Gasteiger partial charge in [0.25, 0.3) is 0 Å². The highest BCUT2D eigenvalue weighted by molar-refractivity contribution is 5.90. The number of hydrogen-bond acceptors (Lipinski definition) is 3. The van der Waals surface area contributed by atoms with Gasteiger partial charge in [0.05, 0.1) is 6.10 Å². The second-order valence-corrected chi connectivity index (χ2v) is 6.16. The van der Waals surface area contributed by atoms with Crippen LogP contribution in [-0.4, -0.2) is 25.1 Å². The fourth-order valence-electron chi connectivity index (χ4n) is 3.18. The van der Waals surface area contributed by atoms with E-state index in [4.69, 9.17) is 4.74 Å². The van der Waals surface area contributed by atoms with Crippen LogP contribution in [0.15, 0.2) is 24.3 Å². The molecule has 1 unspecified atom stereocenters. The van der Waals surface area contributed by atoms with Crippen LogP contribution in [0, 0.1) is 5.92 Å².